The van der Waals surface area contributed by atoms with E-state index in [2.05, 4.69) is 24.4 Å². The maximum atomic E-state index is 12.4. The van der Waals surface area contributed by atoms with Gasteiger partial charge in [0.05, 0.1) is 5.69 Å². The summed E-state index contributed by atoms with van der Waals surface area (Å²) < 4.78 is 1.91. The highest BCUT2D eigenvalue weighted by atomic mass is 32.1. The molecule has 2 heterocycles. The SMILES string of the molecule is Cc1ccc(CC(C)NC(=O)c2cc(N)cn2C(C)C)s1. The molecule has 0 radical (unpaired) electrons. The van der Waals surface area contributed by atoms with Crippen LogP contribution in [0.4, 0.5) is 5.69 Å². The summed E-state index contributed by atoms with van der Waals surface area (Å²) in [7, 11) is 0. The number of amides is 1. The van der Waals surface area contributed by atoms with Gasteiger partial charge >= 0.3 is 0 Å². The molecule has 0 saturated heterocycles. The van der Waals surface area contributed by atoms with E-state index in [9.17, 15) is 4.79 Å². The molecule has 0 bridgehead atoms. The van der Waals surface area contributed by atoms with Gasteiger partial charge < -0.3 is 15.6 Å². The second-order valence-corrected chi connectivity index (χ2v) is 7.12. The fraction of sp³-hybridized carbons (Fsp3) is 0.438. The molecule has 1 amide bonds. The van der Waals surface area contributed by atoms with Crippen molar-refractivity contribution in [3.8, 4) is 0 Å². The third kappa shape index (κ3) is 3.88. The van der Waals surface area contributed by atoms with Crippen LogP contribution in [-0.4, -0.2) is 16.5 Å². The lowest BCUT2D eigenvalue weighted by molar-refractivity contribution is 0.0929. The number of carbonyl (C=O) groups excluding carboxylic acids is 1. The van der Waals surface area contributed by atoms with E-state index in [1.54, 1.807) is 17.4 Å². The Balaban J connectivity index is 2.04. The van der Waals surface area contributed by atoms with E-state index in [4.69, 9.17) is 5.73 Å². The molecule has 2 aromatic rings. The van der Waals surface area contributed by atoms with Gasteiger partial charge in [-0.3, -0.25) is 4.79 Å². The van der Waals surface area contributed by atoms with Gasteiger partial charge in [0.2, 0.25) is 0 Å². The zero-order valence-electron chi connectivity index (χ0n) is 13.0. The Hall–Kier alpha value is -1.75. The van der Waals surface area contributed by atoms with Gasteiger partial charge in [0.1, 0.15) is 5.69 Å². The Labute approximate surface area is 130 Å². The summed E-state index contributed by atoms with van der Waals surface area (Å²) in [5, 5.41) is 3.05. The second-order valence-electron chi connectivity index (χ2n) is 5.75. The van der Waals surface area contributed by atoms with Crippen molar-refractivity contribution < 1.29 is 4.79 Å². The van der Waals surface area contributed by atoms with Crippen LogP contribution in [0, 0.1) is 6.92 Å². The van der Waals surface area contributed by atoms with Crippen LogP contribution in [0.2, 0.25) is 0 Å². The Morgan fingerprint density at radius 1 is 1.38 bits per heavy atom. The predicted octanol–water partition coefficient (Wildman–Crippen LogP) is 3.38. The lowest BCUT2D eigenvalue weighted by Gasteiger charge is -2.16. The Bertz CT molecular complexity index is 627. The summed E-state index contributed by atoms with van der Waals surface area (Å²) in [5.74, 6) is -0.0684. The van der Waals surface area contributed by atoms with E-state index < -0.39 is 0 Å². The standard InChI is InChI=1S/C16H23N3OS/c1-10(2)19-9-13(17)8-15(19)16(20)18-11(3)7-14-6-5-12(4)21-14/h5-6,8-11H,7,17H2,1-4H3,(H,18,20). The molecule has 21 heavy (non-hydrogen) atoms. The van der Waals surface area contributed by atoms with Crippen LogP contribution in [0.3, 0.4) is 0 Å². The molecule has 1 atom stereocenters. The van der Waals surface area contributed by atoms with E-state index in [0.717, 1.165) is 6.42 Å². The molecule has 0 saturated carbocycles. The lowest BCUT2D eigenvalue weighted by Crippen LogP contribution is -2.35. The summed E-state index contributed by atoms with van der Waals surface area (Å²) >= 11 is 1.77. The Morgan fingerprint density at radius 2 is 2.10 bits per heavy atom. The largest absolute Gasteiger partial charge is 0.397 e. The molecular formula is C16H23N3OS. The van der Waals surface area contributed by atoms with Crippen LogP contribution in [0.15, 0.2) is 24.4 Å². The first-order chi connectivity index (χ1) is 9.86. The first-order valence-electron chi connectivity index (χ1n) is 7.20. The highest BCUT2D eigenvalue weighted by Crippen LogP contribution is 2.18. The number of thiophene rings is 1. The number of nitrogens with zero attached hydrogens (tertiary/aromatic N) is 1. The van der Waals surface area contributed by atoms with E-state index >= 15 is 0 Å². The zero-order chi connectivity index (χ0) is 15.6. The van der Waals surface area contributed by atoms with Gasteiger partial charge in [-0.25, -0.2) is 0 Å². The van der Waals surface area contributed by atoms with Crippen LogP contribution in [-0.2, 0) is 6.42 Å². The molecule has 3 N–H and O–H groups in total. The monoisotopic (exact) mass is 305 g/mol. The van der Waals surface area contributed by atoms with Crippen molar-refractivity contribution in [1.82, 2.24) is 9.88 Å². The summed E-state index contributed by atoms with van der Waals surface area (Å²) in [6.45, 7) is 8.19. The van der Waals surface area contributed by atoms with E-state index in [0.29, 0.717) is 11.4 Å². The number of carbonyl (C=O) groups is 1. The smallest absolute Gasteiger partial charge is 0.268 e. The number of anilines is 1. The molecule has 0 fully saturated rings. The van der Waals surface area contributed by atoms with Crippen molar-refractivity contribution in [2.45, 2.75) is 46.2 Å². The molecule has 0 aliphatic heterocycles. The number of nitrogens with one attached hydrogen (secondary N) is 1. The summed E-state index contributed by atoms with van der Waals surface area (Å²) in [6, 6.07) is 6.26. The van der Waals surface area contributed by atoms with Gasteiger partial charge in [-0.15, -0.1) is 11.3 Å². The van der Waals surface area contributed by atoms with Crippen LogP contribution in [0.5, 0.6) is 0 Å². The Morgan fingerprint density at radius 3 is 2.67 bits per heavy atom. The highest BCUT2D eigenvalue weighted by molar-refractivity contribution is 7.11. The van der Waals surface area contributed by atoms with Crippen molar-refractivity contribution in [1.29, 1.82) is 0 Å². The van der Waals surface area contributed by atoms with Gasteiger partial charge in [-0.2, -0.15) is 0 Å². The van der Waals surface area contributed by atoms with Gasteiger partial charge in [0.15, 0.2) is 0 Å². The van der Waals surface area contributed by atoms with Crippen molar-refractivity contribution in [3.63, 3.8) is 0 Å². The van der Waals surface area contributed by atoms with Gasteiger partial charge in [-0.05, 0) is 45.9 Å². The second kappa shape index (κ2) is 6.35. The van der Waals surface area contributed by atoms with E-state index in [1.807, 2.05) is 31.5 Å². The first kappa shape index (κ1) is 15.6. The predicted molar refractivity (Wildman–Crippen MR) is 88.9 cm³/mol. The number of aryl methyl sites for hydroxylation is 1. The number of nitrogen functional groups attached to an aromatic ring is 1. The minimum Gasteiger partial charge on any atom is -0.397 e. The van der Waals surface area contributed by atoms with Crippen LogP contribution in [0.25, 0.3) is 0 Å². The van der Waals surface area contributed by atoms with Gasteiger partial charge in [-0.1, -0.05) is 0 Å². The fourth-order valence-corrected chi connectivity index (χ4v) is 3.37. The minimum absolute atomic E-state index is 0.0684. The number of hydrogen-bond donors (Lipinski definition) is 2. The number of rotatable bonds is 5. The topological polar surface area (TPSA) is 60.1 Å². The average molecular weight is 305 g/mol. The third-order valence-corrected chi connectivity index (χ3v) is 4.36. The molecule has 5 heteroatoms. The van der Waals surface area contributed by atoms with Gasteiger partial charge in [0.25, 0.3) is 5.91 Å². The van der Waals surface area contributed by atoms with Crippen molar-refractivity contribution >= 4 is 22.9 Å². The molecule has 0 spiro atoms. The molecule has 114 valence electrons. The number of hydrogen-bond acceptors (Lipinski definition) is 3. The van der Waals surface area contributed by atoms with Crippen LogP contribution in [0.1, 0.15) is 47.1 Å². The van der Waals surface area contributed by atoms with Gasteiger partial charge in [0, 0.05) is 34.5 Å². The average Bonchev–Trinajstić information content (AvgIpc) is 2.95. The molecule has 2 rings (SSSR count). The van der Waals surface area contributed by atoms with Crippen LogP contribution >= 0.6 is 11.3 Å². The van der Waals surface area contributed by atoms with Crippen molar-refractivity contribution in [2.75, 3.05) is 5.73 Å². The van der Waals surface area contributed by atoms with Crippen molar-refractivity contribution in [2.24, 2.45) is 0 Å². The number of nitrogens with two attached hydrogens (primary N) is 1. The molecule has 1 unspecified atom stereocenters. The van der Waals surface area contributed by atoms with Crippen molar-refractivity contribution in [3.05, 3.63) is 39.8 Å². The zero-order valence-corrected chi connectivity index (χ0v) is 13.8. The third-order valence-electron chi connectivity index (χ3n) is 3.34. The molecule has 0 aliphatic rings. The highest BCUT2D eigenvalue weighted by Gasteiger charge is 2.17. The number of aromatic nitrogens is 1. The molecule has 2 aromatic heterocycles. The fourth-order valence-electron chi connectivity index (χ4n) is 2.36. The normalized spacial score (nSPS) is 12.6. The van der Waals surface area contributed by atoms with E-state index in [1.165, 1.54) is 9.75 Å². The Kier molecular flexibility index (Phi) is 4.73. The summed E-state index contributed by atoms with van der Waals surface area (Å²) in [6.07, 6.45) is 2.66. The molecule has 0 aliphatic carbocycles. The molecule has 0 aromatic carbocycles. The lowest BCUT2D eigenvalue weighted by atomic mass is 10.2. The maximum Gasteiger partial charge on any atom is 0.268 e. The quantitative estimate of drug-likeness (QED) is 0.889. The maximum absolute atomic E-state index is 12.4. The molecule has 4 nitrogen and oxygen atoms in total. The minimum atomic E-state index is -0.0684. The first-order valence-corrected chi connectivity index (χ1v) is 8.02. The van der Waals surface area contributed by atoms with Crippen LogP contribution < -0.4 is 11.1 Å². The van der Waals surface area contributed by atoms with E-state index in [-0.39, 0.29) is 18.0 Å². The summed E-state index contributed by atoms with van der Waals surface area (Å²) in [4.78, 5) is 15.0. The summed E-state index contributed by atoms with van der Waals surface area (Å²) in [5.41, 5.74) is 7.06. The molecular weight excluding hydrogens is 282 g/mol.